The molecule has 3 rings (SSSR count). The second-order valence-corrected chi connectivity index (χ2v) is 5.79. The summed E-state index contributed by atoms with van der Waals surface area (Å²) in [4.78, 5) is 13.0. The number of halogens is 1. The molecule has 4 N–H and O–H groups in total. The van der Waals surface area contributed by atoms with Crippen molar-refractivity contribution in [1.82, 2.24) is 20.8 Å². The first kappa shape index (κ1) is 16.0. The summed E-state index contributed by atoms with van der Waals surface area (Å²) in [5, 5.41) is 24.4. The summed E-state index contributed by atoms with van der Waals surface area (Å²) in [6.07, 6.45) is -0.392. The van der Waals surface area contributed by atoms with E-state index in [1.807, 2.05) is 17.5 Å². The lowest BCUT2D eigenvalue weighted by Gasteiger charge is -2.13. The number of carbonyl (C=O) groups excluding carboxylic acids is 1. The third-order valence-corrected chi connectivity index (χ3v) is 4.33. The molecule has 0 aliphatic carbocycles. The van der Waals surface area contributed by atoms with Crippen LogP contribution in [0.15, 0.2) is 23.6 Å². The van der Waals surface area contributed by atoms with E-state index >= 15 is 0 Å². The molecule has 1 amide bonds. The monoisotopic (exact) mass is 328 g/mol. The zero-order valence-electron chi connectivity index (χ0n) is 11.2. The number of aliphatic hydroxyl groups is 1. The summed E-state index contributed by atoms with van der Waals surface area (Å²) in [5.74, 6) is -0.155. The SMILES string of the molecule is Cl.O=C(NCC1CNCC1O)c1cc(-c2cccs2)[nH]n1. The molecule has 21 heavy (non-hydrogen) atoms. The Labute approximate surface area is 132 Å². The van der Waals surface area contributed by atoms with Crippen LogP contribution in [0.4, 0.5) is 0 Å². The van der Waals surface area contributed by atoms with E-state index in [2.05, 4.69) is 20.8 Å². The lowest BCUT2D eigenvalue weighted by atomic mass is 10.1. The zero-order chi connectivity index (χ0) is 13.9. The zero-order valence-corrected chi connectivity index (χ0v) is 12.8. The number of rotatable bonds is 4. The number of thiophene rings is 1. The Morgan fingerprint density at radius 3 is 3.05 bits per heavy atom. The minimum Gasteiger partial charge on any atom is -0.391 e. The Balaban J connectivity index is 0.00000161. The predicted molar refractivity (Wildman–Crippen MR) is 83.8 cm³/mol. The van der Waals surface area contributed by atoms with Crippen LogP contribution in [0, 0.1) is 5.92 Å². The standard InChI is InChI=1S/C13H16N4O2S.ClH/c18-11-7-14-5-8(11)6-15-13(19)10-4-9(16-17-10)12-2-1-3-20-12;/h1-4,8,11,14,18H,5-7H2,(H,15,19)(H,16,17);1H. The number of hydrogen-bond donors (Lipinski definition) is 4. The van der Waals surface area contributed by atoms with Gasteiger partial charge >= 0.3 is 0 Å². The first-order chi connectivity index (χ1) is 9.74. The molecule has 1 aliphatic rings. The lowest BCUT2D eigenvalue weighted by molar-refractivity contribution is 0.0922. The van der Waals surface area contributed by atoms with Crippen molar-refractivity contribution in [3.05, 3.63) is 29.3 Å². The highest BCUT2D eigenvalue weighted by molar-refractivity contribution is 7.13. The number of aliphatic hydroxyl groups excluding tert-OH is 1. The van der Waals surface area contributed by atoms with E-state index in [9.17, 15) is 9.90 Å². The second-order valence-electron chi connectivity index (χ2n) is 4.84. The highest BCUT2D eigenvalue weighted by Gasteiger charge is 2.25. The van der Waals surface area contributed by atoms with E-state index in [0.717, 1.165) is 17.1 Å². The van der Waals surface area contributed by atoms with Crippen molar-refractivity contribution in [3.8, 4) is 10.6 Å². The highest BCUT2D eigenvalue weighted by atomic mass is 35.5. The number of nitrogens with one attached hydrogen (secondary N) is 3. The number of H-pyrrole nitrogens is 1. The van der Waals surface area contributed by atoms with Gasteiger partial charge in [0.15, 0.2) is 5.69 Å². The second kappa shape index (κ2) is 7.04. The summed E-state index contributed by atoms with van der Waals surface area (Å²) in [7, 11) is 0. The fraction of sp³-hybridized carbons (Fsp3) is 0.385. The first-order valence-corrected chi connectivity index (χ1v) is 7.38. The number of hydrogen-bond acceptors (Lipinski definition) is 5. The van der Waals surface area contributed by atoms with Gasteiger partial charge in [-0.1, -0.05) is 6.07 Å². The summed E-state index contributed by atoms with van der Waals surface area (Å²) >= 11 is 1.59. The van der Waals surface area contributed by atoms with Gasteiger partial charge in [-0.05, 0) is 17.5 Å². The van der Waals surface area contributed by atoms with Crippen LogP contribution < -0.4 is 10.6 Å². The molecule has 6 nitrogen and oxygen atoms in total. The molecule has 1 aliphatic heterocycles. The molecule has 2 unspecified atom stereocenters. The van der Waals surface area contributed by atoms with Crippen LogP contribution in [0.5, 0.6) is 0 Å². The molecular formula is C13H17ClN4O2S. The first-order valence-electron chi connectivity index (χ1n) is 6.50. The molecule has 8 heteroatoms. The molecule has 0 saturated carbocycles. The van der Waals surface area contributed by atoms with Gasteiger partial charge in [-0.2, -0.15) is 5.10 Å². The maximum absolute atomic E-state index is 12.0. The van der Waals surface area contributed by atoms with Crippen molar-refractivity contribution in [2.45, 2.75) is 6.10 Å². The Morgan fingerprint density at radius 2 is 2.38 bits per heavy atom. The van der Waals surface area contributed by atoms with Crippen LogP contribution in [-0.4, -0.2) is 46.9 Å². The molecule has 0 aromatic carbocycles. The number of nitrogens with zero attached hydrogens (tertiary/aromatic N) is 1. The molecule has 1 fully saturated rings. The fourth-order valence-corrected chi connectivity index (χ4v) is 2.93. The summed E-state index contributed by atoms with van der Waals surface area (Å²) in [6, 6.07) is 5.67. The van der Waals surface area contributed by atoms with Crippen molar-refractivity contribution in [2.24, 2.45) is 5.92 Å². The molecule has 2 atom stereocenters. The number of aromatic amines is 1. The van der Waals surface area contributed by atoms with Crippen LogP contribution in [-0.2, 0) is 0 Å². The van der Waals surface area contributed by atoms with Crippen molar-refractivity contribution in [3.63, 3.8) is 0 Å². The van der Waals surface area contributed by atoms with Gasteiger partial charge < -0.3 is 15.7 Å². The molecular weight excluding hydrogens is 312 g/mol. The Morgan fingerprint density at radius 1 is 1.52 bits per heavy atom. The van der Waals surface area contributed by atoms with Gasteiger partial charge in [-0.3, -0.25) is 9.89 Å². The minimum atomic E-state index is -0.392. The fourth-order valence-electron chi connectivity index (χ4n) is 2.24. The number of aromatic nitrogens is 2. The highest BCUT2D eigenvalue weighted by Crippen LogP contribution is 2.22. The molecule has 2 aromatic rings. The average molecular weight is 329 g/mol. The van der Waals surface area contributed by atoms with Crippen LogP contribution in [0.1, 0.15) is 10.5 Å². The largest absolute Gasteiger partial charge is 0.391 e. The number of carbonyl (C=O) groups is 1. The van der Waals surface area contributed by atoms with E-state index in [4.69, 9.17) is 0 Å². The van der Waals surface area contributed by atoms with Gasteiger partial charge in [0, 0.05) is 25.6 Å². The van der Waals surface area contributed by atoms with Gasteiger partial charge in [0.1, 0.15) is 0 Å². The predicted octanol–water partition coefficient (Wildman–Crippen LogP) is 0.870. The van der Waals surface area contributed by atoms with Gasteiger partial charge in [-0.25, -0.2) is 0 Å². The van der Waals surface area contributed by atoms with Gasteiger partial charge in [0.2, 0.25) is 0 Å². The average Bonchev–Trinajstić information content (AvgIpc) is 3.17. The Kier molecular flexibility index (Phi) is 5.35. The van der Waals surface area contributed by atoms with Crippen LogP contribution in [0.25, 0.3) is 10.6 Å². The number of amides is 1. The molecule has 1 saturated heterocycles. The Bertz CT molecular complexity index is 587. The van der Waals surface area contributed by atoms with Crippen LogP contribution in [0.2, 0.25) is 0 Å². The van der Waals surface area contributed by atoms with E-state index < -0.39 is 6.10 Å². The number of β-amino-alcohol motifs (C(OH)–C–C–N with tert-alkyl or cyclic N) is 1. The quantitative estimate of drug-likeness (QED) is 0.670. The third-order valence-electron chi connectivity index (χ3n) is 3.43. The van der Waals surface area contributed by atoms with E-state index in [0.29, 0.717) is 18.8 Å². The molecule has 0 radical (unpaired) electrons. The lowest BCUT2D eigenvalue weighted by Crippen LogP contribution is -2.34. The van der Waals surface area contributed by atoms with Crippen molar-refractivity contribution in [2.75, 3.05) is 19.6 Å². The molecule has 0 bridgehead atoms. The van der Waals surface area contributed by atoms with Crippen molar-refractivity contribution < 1.29 is 9.90 Å². The van der Waals surface area contributed by atoms with Crippen molar-refractivity contribution >= 4 is 29.7 Å². The maximum atomic E-state index is 12.0. The molecule has 0 spiro atoms. The maximum Gasteiger partial charge on any atom is 0.271 e. The normalized spacial score (nSPS) is 21.0. The summed E-state index contributed by atoms with van der Waals surface area (Å²) in [5.41, 5.74) is 1.21. The van der Waals surface area contributed by atoms with Crippen LogP contribution in [0.3, 0.4) is 0 Å². The smallest absolute Gasteiger partial charge is 0.271 e. The van der Waals surface area contributed by atoms with Crippen molar-refractivity contribution in [1.29, 1.82) is 0 Å². The summed E-state index contributed by atoms with van der Waals surface area (Å²) in [6.45, 7) is 1.77. The van der Waals surface area contributed by atoms with E-state index in [1.165, 1.54) is 0 Å². The molecule has 2 aromatic heterocycles. The van der Waals surface area contributed by atoms with E-state index in [1.54, 1.807) is 17.4 Å². The van der Waals surface area contributed by atoms with Gasteiger partial charge in [0.25, 0.3) is 5.91 Å². The molecule has 114 valence electrons. The van der Waals surface area contributed by atoms with Crippen LogP contribution >= 0.6 is 23.7 Å². The summed E-state index contributed by atoms with van der Waals surface area (Å²) < 4.78 is 0. The third kappa shape index (κ3) is 3.62. The topological polar surface area (TPSA) is 90.0 Å². The molecule has 3 heterocycles. The van der Waals surface area contributed by atoms with Gasteiger partial charge in [-0.15, -0.1) is 23.7 Å². The Hall–Kier alpha value is -1.41. The minimum absolute atomic E-state index is 0. The van der Waals surface area contributed by atoms with E-state index in [-0.39, 0.29) is 24.2 Å². The van der Waals surface area contributed by atoms with Gasteiger partial charge in [0.05, 0.1) is 16.7 Å².